The minimum Gasteiger partial charge on any atom is -0.381 e. The summed E-state index contributed by atoms with van der Waals surface area (Å²) in [4.78, 5) is 79.3. The summed E-state index contributed by atoms with van der Waals surface area (Å²) in [6.45, 7) is 4.26. The molecule has 0 saturated carbocycles. The zero-order chi connectivity index (χ0) is 93.5. The highest BCUT2D eigenvalue weighted by atomic mass is 35.5. The van der Waals surface area contributed by atoms with Gasteiger partial charge in [-0.15, -0.1) is 0 Å². The SMILES string of the molecule is COCc1cc(C(=O)CCCc2ccncc2)ccc1-c1ccc(Cl)cc1.COCc1cc(C(=O)CCc2cccnc2)ccc1-c1ccc(Cl)cc1.COCc1cc(C(=O)CCc2ccncc2)ccc1-c1ccc(Cl)cc1.COCc1cc(C(=O)N(C)Cc2ccccc2)ccc1-c1ccc(Cl)cc1.COCc1cc(C(=O)N2CCC(OC)CC2)ccc1-c1ccc(Cl)cc1. The first-order chi connectivity index (χ1) is 64.2. The summed E-state index contributed by atoms with van der Waals surface area (Å²) >= 11 is 29.9. The van der Waals surface area contributed by atoms with Crippen molar-refractivity contribution < 1.29 is 52.4 Å². The fourth-order valence-electron chi connectivity index (χ4n) is 15.4. The van der Waals surface area contributed by atoms with Crippen molar-refractivity contribution in [1.29, 1.82) is 0 Å². The van der Waals surface area contributed by atoms with Crippen LogP contribution in [0.4, 0.5) is 0 Å². The number of carbonyl (C=O) groups is 5. The van der Waals surface area contributed by atoms with Crippen molar-refractivity contribution in [3.05, 3.63) is 419 Å². The molecule has 0 aliphatic carbocycles. The quantitative estimate of drug-likeness (QED) is 0.0354. The predicted octanol–water partition coefficient (Wildman–Crippen LogP) is 26.3. The Kier molecular flexibility index (Phi) is 40.3. The second kappa shape index (κ2) is 52.9. The summed E-state index contributed by atoms with van der Waals surface area (Å²) in [7, 11) is 11.8. The van der Waals surface area contributed by atoms with Crippen LogP contribution in [0.5, 0.6) is 0 Å². The molecule has 0 N–H and O–H groups in total. The van der Waals surface area contributed by atoms with Crippen LogP contribution in [0, 0.1) is 0 Å². The zero-order valence-corrected chi connectivity index (χ0v) is 79.0. The van der Waals surface area contributed by atoms with Crippen LogP contribution in [0.2, 0.25) is 25.1 Å². The topological polar surface area (TPSA) is 186 Å². The number of ketones is 3. The number of Topliss-reactive ketones (excluding diaryl/α,β-unsaturated/α-hetero) is 3. The van der Waals surface area contributed by atoms with E-state index in [4.69, 9.17) is 86.4 Å². The molecule has 0 bridgehead atoms. The smallest absolute Gasteiger partial charge is 0.253 e. The van der Waals surface area contributed by atoms with E-state index >= 15 is 0 Å². The third kappa shape index (κ3) is 30.6. The minimum absolute atomic E-state index is 0.0149. The largest absolute Gasteiger partial charge is 0.381 e. The van der Waals surface area contributed by atoms with Gasteiger partial charge >= 0.3 is 0 Å². The number of likely N-dealkylation sites (tertiary alicyclic amines) is 1. The fraction of sp³-hybridized carbons (Fsp3) is 0.225. The van der Waals surface area contributed by atoms with E-state index in [9.17, 15) is 24.0 Å². The van der Waals surface area contributed by atoms with E-state index in [0.717, 1.165) is 144 Å². The van der Waals surface area contributed by atoms with Crippen LogP contribution in [-0.2, 0) is 87.3 Å². The van der Waals surface area contributed by atoms with E-state index < -0.39 is 0 Å². The summed E-state index contributed by atoms with van der Waals surface area (Å²) in [5.74, 6) is 0.457. The van der Waals surface area contributed by atoms with Gasteiger partial charge in [-0.05, 0) is 278 Å². The maximum Gasteiger partial charge on any atom is 0.253 e. The van der Waals surface area contributed by atoms with Crippen LogP contribution in [0.1, 0.15) is 140 Å². The number of hydrogen-bond donors (Lipinski definition) is 0. The molecule has 1 aliphatic heterocycles. The van der Waals surface area contributed by atoms with Gasteiger partial charge in [0.2, 0.25) is 0 Å². The molecule has 3 aromatic heterocycles. The number of piperidine rings is 1. The van der Waals surface area contributed by atoms with Crippen LogP contribution in [-0.4, -0.2) is 123 Å². The standard InChI is InChI=1S/2C23H22ClNO2.2C22H20ClNO2.C21H24ClNO3/c1-25(15-17-6-4-3-5-7-17)23(26)19-10-13-22(20(14-19)16-27-2)18-8-11-21(24)12-9-18;1-27-16-20-15-19(7-10-22(20)18-5-8-21(24)9-6-18)23(26)4-2-3-17-11-13-25-14-12-17;1-26-15-19-14-18(22(25)9-2-16-10-12-24-13-11-16)5-8-21(19)17-3-6-20(23)7-4-17;1-26-15-19-13-18(22(25)11-4-16-3-2-12-24-14-16)7-10-21(19)17-5-8-20(23)9-6-17;1-25-14-17-13-16(21(24)23-11-9-19(26-2)10-12-23)5-8-20(17)15-3-6-18(22)7-4-15/h3-14H,15-16H2,1-2H3;5-15H,2-4,16H2,1H3;3-8,10-14H,2,9,15H2,1H3;2-3,5-10,12-14H,4,11,15H2,1H3;3-8,13,19H,9-12,14H2,1-2H3. The maximum absolute atomic E-state index is 12.9. The molecule has 11 aromatic carbocycles. The normalized spacial score (nSPS) is 11.6. The Balaban J connectivity index is 0.000000159. The van der Waals surface area contributed by atoms with Crippen molar-refractivity contribution in [2.75, 3.05) is 62.8 Å². The number of benzene rings is 11. The van der Waals surface area contributed by atoms with Crippen LogP contribution < -0.4 is 0 Å². The van der Waals surface area contributed by atoms with Gasteiger partial charge in [0.15, 0.2) is 17.3 Å². The lowest BCUT2D eigenvalue weighted by molar-refractivity contribution is 0.0350. The molecular weight excluding hydrogens is 1760 g/mol. The molecule has 0 radical (unpaired) electrons. The van der Waals surface area contributed by atoms with Crippen molar-refractivity contribution in [1.82, 2.24) is 24.8 Å². The Labute approximate surface area is 799 Å². The molecule has 14 aromatic rings. The molecule has 1 aliphatic rings. The lowest BCUT2D eigenvalue weighted by Gasteiger charge is -2.31. The highest BCUT2D eigenvalue weighted by Gasteiger charge is 2.25. The van der Waals surface area contributed by atoms with E-state index in [1.54, 1.807) is 84.7 Å². The fourth-order valence-corrected chi connectivity index (χ4v) is 16.0. The van der Waals surface area contributed by atoms with Crippen molar-refractivity contribution >= 4 is 87.2 Å². The Morgan fingerprint density at radius 1 is 0.333 bits per heavy atom. The molecule has 4 heterocycles. The Morgan fingerprint density at radius 3 is 1.00 bits per heavy atom. The van der Waals surface area contributed by atoms with Crippen LogP contribution in [0.3, 0.4) is 0 Å². The van der Waals surface area contributed by atoms with Crippen molar-refractivity contribution in [2.45, 2.75) is 103 Å². The third-order valence-corrected chi connectivity index (χ3v) is 23.6. The summed E-state index contributed by atoms with van der Waals surface area (Å²) in [6.07, 6.45) is 17.2. The molecule has 132 heavy (non-hydrogen) atoms. The zero-order valence-electron chi connectivity index (χ0n) is 75.2. The molecule has 1 fully saturated rings. The number of hydrogen-bond acceptors (Lipinski definition) is 14. The number of rotatable bonds is 33. The van der Waals surface area contributed by atoms with Crippen molar-refractivity contribution in [3.63, 3.8) is 0 Å². The summed E-state index contributed by atoms with van der Waals surface area (Å²) in [5, 5.41) is 3.50. The van der Waals surface area contributed by atoms with Gasteiger partial charge in [0.1, 0.15) is 0 Å². The van der Waals surface area contributed by atoms with E-state index in [-0.39, 0.29) is 35.3 Å². The van der Waals surface area contributed by atoms with Crippen molar-refractivity contribution in [2.24, 2.45) is 0 Å². The lowest BCUT2D eigenvalue weighted by Crippen LogP contribution is -2.40. The highest BCUT2D eigenvalue weighted by molar-refractivity contribution is 6.32. The van der Waals surface area contributed by atoms with Gasteiger partial charge in [-0.2, -0.15) is 0 Å². The molecule has 0 spiro atoms. The number of aromatic nitrogens is 3. The first-order valence-corrected chi connectivity index (χ1v) is 45.4. The second-order valence-corrected chi connectivity index (χ2v) is 33.8. The van der Waals surface area contributed by atoms with Gasteiger partial charge in [-0.3, -0.25) is 38.9 Å². The van der Waals surface area contributed by atoms with E-state index in [1.165, 1.54) is 5.56 Å². The number of halogens is 5. The molecule has 16 nitrogen and oxygen atoms in total. The first-order valence-electron chi connectivity index (χ1n) is 43.5. The molecular formula is C111H108Cl5N5O11. The van der Waals surface area contributed by atoms with Gasteiger partial charge in [0, 0.05) is 179 Å². The maximum atomic E-state index is 12.9. The molecule has 678 valence electrons. The van der Waals surface area contributed by atoms with Crippen molar-refractivity contribution in [3.8, 4) is 55.6 Å². The van der Waals surface area contributed by atoms with Crippen LogP contribution in [0.25, 0.3) is 55.6 Å². The molecule has 0 unspecified atom stereocenters. The Bertz CT molecular complexity index is 5870. The molecule has 15 rings (SSSR count). The molecule has 2 amide bonds. The minimum atomic E-state index is -0.0149. The predicted molar refractivity (Wildman–Crippen MR) is 531 cm³/mol. The summed E-state index contributed by atoms with van der Waals surface area (Å²) in [6, 6.07) is 89.1. The third-order valence-electron chi connectivity index (χ3n) is 22.3. The monoisotopic (exact) mass is 1860 g/mol. The number of methoxy groups -OCH3 is 6. The van der Waals surface area contributed by atoms with E-state index in [0.29, 0.717) is 119 Å². The second-order valence-electron chi connectivity index (χ2n) is 31.6. The van der Waals surface area contributed by atoms with Gasteiger partial charge in [-0.1, -0.05) is 204 Å². The van der Waals surface area contributed by atoms with E-state index in [1.807, 2.05) is 291 Å². The number of nitrogens with zero attached hydrogens (tertiary/aromatic N) is 5. The molecule has 0 atom stereocenters. The number of amides is 2. The Morgan fingerprint density at radius 2 is 0.652 bits per heavy atom. The highest BCUT2D eigenvalue weighted by Crippen LogP contribution is 2.35. The summed E-state index contributed by atoms with van der Waals surface area (Å²) in [5.41, 5.74) is 23.4. The molecule has 1 saturated heterocycles. The van der Waals surface area contributed by atoms with E-state index in [2.05, 4.69) is 15.0 Å². The lowest BCUT2D eigenvalue weighted by atomic mass is 9.95. The number of aryl methyl sites for hydroxylation is 3. The number of ether oxygens (including phenoxy) is 6. The number of pyridine rings is 3. The van der Waals surface area contributed by atoms with Crippen LogP contribution >= 0.6 is 58.0 Å². The summed E-state index contributed by atoms with van der Waals surface area (Å²) < 4.78 is 32.1. The average molecular weight is 1870 g/mol. The average Bonchev–Trinajstić information content (AvgIpc) is 0.877. The number of carbonyl (C=O) groups excluding carboxylic acids is 5. The first kappa shape index (κ1) is 101. The van der Waals surface area contributed by atoms with Crippen LogP contribution in [0.15, 0.2) is 316 Å². The Hall–Kier alpha value is -12.0. The van der Waals surface area contributed by atoms with Gasteiger partial charge < -0.3 is 38.2 Å². The van der Waals surface area contributed by atoms with Gasteiger partial charge in [0.05, 0.1) is 39.1 Å². The van der Waals surface area contributed by atoms with Gasteiger partial charge in [0.25, 0.3) is 11.8 Å². The molecule has 21 heteroatoms. The van der Waals surface area contributed by atoms with Gasteiger partial charge in [-0.25, -0.2) is 0 Å².